The van der Waals surface area contributed by atoms with Crippen LogP contribution in [0.4, 0.5) is 28.7 Å². The van der Waals surface area contributed by atoms with Gasteiger partial charge in [-0.15, -0.1) is 0 Å². The number of aliphatic hydroxyl groups excluding tert-OH is 1. The van der Waals surface area contributed by atoms with Gasteiger partial charge in [-0.05, 0) is 105 Å². The fourth-order valence-electron chi connectivity index (χ4n) is 13.1. The number of pyridine rings is 3. The molecular weight excluding hydrogens is 1040 g/mol. The molecule has 4 N–H and O–H groups in total. The van der Waals surface area contributed by atoms with E-state index in [4.69, 9.17) is 8.85 Å². The largest absolute Gasteiger partial charge is 0.489 e. The van der Waals surface area contributed by atoms with Crippen molar-refractivity contribution in [2.24, 2.45) is 12.4 Å². The van der Waals surface area contributed by atoms with Crippen LogP contribution in [0.3, 0.4) is 0 Å². The van der Waals surface area contributed by atoms with Gasteiger partial charge in [0.1, 0.15) is 47.6 Å². The maximum atomic E-state index is 14.1. The number of nitrogens with zero attached hydrogens (tertiary/aromatic N) is 10. The quantitative estimate of drug-likeness (QED) is 0.107. The first-order valence-corrected chi connectivity index (χ1v) is 28.1. The van der Waals surface area contributed by atoms with Gasteiger partial charge >= 0.3 is 7.82 Å². The molecule has 0 saturated carbocycles. The van der Waals surface area contributed by atoms with E-state index in [0.29, 0.717) is 81.9 Å². The number of likely N-dealkylation sites (tertiary alicyclic amines) is 1. The van der Waals surface area contributed by atoms with Crippen LogP contribution in [0.1, 0.15) is 106 Å². The number of nitrogens with one attached hydrogen (secondary N) is 1. The highest BCUT2D eigenvalue weighted by Crippen LogP contribution is 2.45. The summed E-state index contributed by atoms with van der Waals surface area (Å²) >= 11 is 0. The molecule has 4 aromatic heterocycles. The molecule has 23 nitrogen and oxygen atoms in total. The Morgan fingerprint density at radius 1 is 0.911 bits per heavy atom. The summed E-state index contributed by atoms with van der Waals surface area (Å²) in [6.45, 7) is 8.34. The third kappa shape index (κ3) is 9.18. The Kier molecular flexibility index (Phi) is 12.1. The molecule has 12 rings (SSSR count). The maximum absolute atomic E-state index is 14.1. The summed E-state index contributed by atoms with van der Waals surface area (Å²) in [5.74, 6) is -2.46. The molecule has 10 heterocycles. The van der Waals surface area contributed by atoms with Gasteiger partial charge in [0.15, 0.2) is 0 Å². The number of hydrogen-bond donors (Lipinski definition) is 4. The summed E-state index contributed by atoms with van der Waals surface area (Å²) in [6.07, 6.45) is 5.69. The number of aliphatic hydroxyl groups is 1. The molecule has 24 heteroatoms. The summed E-state index contributed by atoms with van der Waals surface area (Å²) in [5, 5.41) is 13.9. The number of benzene rings is 1. The van der Waals surface area contributed by atoms with E-state index in [2.05, 4.69) is 59.8 Å². The van der Waals surface area contributed by atoms with Gasteiger partial charge in [0.2, 0.25) is 5.91 Å². The van der Waals surface area contributed by atoms with E-state index in [1.807, 2.05) is 12.1 Å². The van der Waals surface area contributed by atoms with Gasteiger partial charge < -0.3 is 43.9 Å². The molecule has 0 spiro atoms. The number of rotatable bonds is 11. The van der Waals surface area contributed by atoms with Crippen LogP contribution in [0, 0.1) is 5.41 Å². The van der Waals surface area contributed by atoms with E-state index in [1.54, 1.807) is 29.3 Å². The van der Waals surface area contributed by atoms with Gasteiger partial charge in [0.05, 0.1) is 41.3 Å². The Morgan fingerprint density at radius 3 is 2.44 bits per heavy atom. The Bertz CT molecular complexity index is 3620. The molecule has 3 saturated heterocycles. The van der Waals surface area contributed by atoms with Crippen LogP contribution in [0.15, 0.2) is 65.8 Å². The number of fused-ring (bicyclic) bond motifs is 7. The van der Waals surface area contributed by atoms with E-state index < -0.39 is 62.9 Å². The molecule has 3 fully saturated rings. The molecule has 1 aromatic carbocycles. The summed E-state index contributed by atoms with van der Waals surface area (Å²) in [4.78, 5) is 120. The molecule has 414 valence electrons. The second-order valence-electron chi connectivity index (χ2n) is 22.4. The van der Waals surface area contributed by atoms with E-state index in [1.165, 1.54) is 30.2 Å². The molecule has 0 radical (unpaired) electrons. The van der Waals surface area contributed by atoms with Crippen LogP contribution >= 0.6 is 7.82 Å². The molecule has 5 atom stereocenters. The number of anilines is 5. The van der Waals surface area contributed by atoms with Crippen molar-refractivity contribution >= 4 is 66.1 Å². The van der Waals surface area contributed by atoms with Gasteiger partial charge in [0, 0.05) is 98.1 Å². The van der Waals surface area contributed by atoms with Gasteiger partial charge in [-0.3, -0.25) is 52.9 Å². The number of amides is 5. The van der Waals surface area contributed by atoms with Crippen LogP contribution in [0.2, 0.25) is 0 Å². The van der Waals surface area contributed by atoms with Crippen molar-refractivity contribution in [3.05, 3.63) is 105 Å². The lowest BCUT2D eigenvalue weighted by molar-refractivity contribution is -0.161. The average Bonchev–Trinajstić information content (AvgIpc) is 3.25. The monoisotopic (exact) mass is 1100 g/mol. The van der Waals surface area contributed by atoms with E-state index in [-0.39, 0.29) is 64.9 Å². The number of imide groups is 2. The molecule has 7 aliphatic rings. The first-order valence-electron chi connectivity index (χ1n) is 28.1. The maximum Gasteiger partial charge on any atom is 0.471 e. The molecule has 1 aliphatic carbocycles. The zero-order chi connectivity index (χ0) is 58.1. The standard InChI is InChI=1S/C55H62N11O12P/c1-30-26-60(34-11-13-62-36(20-34)29-77-46-22-39-38(21-43(46)62)50(69)66(51(39)70)42-7-9-48(68)65(54(42)73)31(2)78-79(74,75)76)14-15-61(30)35-6-8-47(57-25-35)58-41-18-33(27-59(5)52(41)71)37-10-12-56-49(40(37)28-67)64-17-16-63-44(53(64)72)19-32-23-55(3,4)24-45(32)63/h6,8,10,12,18-19,21-22,25,27,30-31,34,36,42,67H,7,9,11,13-17,20,23-24,26,28-29H2,1-5H3,(H,57,58)(H2,74,75,76)/t30-,31?,34-,36+,42-/m0/s1/i5D3. The van der Waals surface area contributed by atoms with Crippen molar-refractivity contribution in [3.8, 4) is 16.9 Å². The minimum absolute atomic E-state index is 0.0445. The summed E-state index contributed by atoms with van der Waals surface area (Å²) in [5.41, 5.74) is 4.80. The topological polar surface area (TPSA) is 266 Å². The highest BCUT2D eigenvalue weighted by atomic mass is 31.2. The van der Waals surface area contributed by atoms with Gasteiger partial charge in [0.25, 0.3) is 29.2 Å². The van der Waals surface area contributed by atoms with Crippen LogP contribution < -0.4 is 30.3 Å². The number of piperidine rings is 2. The number of hydrogen-bond acceptors (Lipinski definition) is 16. The zero-order valence-electron chi connectivity index (χ0n) is 47.0. The molecule has 6 aliphatic heterocycles. The third-order valence-electron chi connectivity index (χ3n) is 16.7. The number of carbonyl (C=O) groups excluding carboxylic acids is 5. The van der Waals surface area contributed by atoms with Crippen LogP contribution in [-0.4, -0.2) is 148 Å². The lowest BCUT2D eigenvalue weighted by Gasteiger charge is -2.50. The van der Waals surface area contributed by atoms with Gasteiger partial charge in [-0.2, -0.15) is 0 Å². The van der Waals surface area contributed by atoms with E-state index >= 15 is 0 Å². The number of phosphoric acid groups is 1. The summed E-state index contributed by atoms with van der Waals surface area (Å²) in [6, 6.07) is 10.7. The SMILES string of the molecule is [2H]C([2H])([2H])n1cc(-c2ccnc(N3CCn4c(cc5c4CC(C)(C)C5)C3=O)c2CO)cc(Nc2ccc(N3CCN([C@H]4CCN5c6cc7c(cc6OC[C@H]5C4)C(=O)N([C@H]4CCC(=O)N(C(C)OP(=O)(O)O)C4=O)C7=O)C[C@@H]3C)cn2)c1=O. The van der Waals surface area contributed by atoms with Gasteiger partial charge in [-0.1, -0.05) is 13.8 Å². The fraction of sp³-hybridized carbons (Fsp3) is 0.455. The van der Waals surface area contributed by atoms with E-state index in [0.717, 1.165) is 61.8 Å². The summed E-state index contributed by atoms with van der Waals surface area (Å²) in [7, 11) is -5.10. The van der Waals surface area contributed by atoms with Crippen molar-refractivity contribution < 1.29 is 56.8 Å². The van der Waals surface area contributed by atoms with Crippen molar-refractivity contribution in [2.75, 3.05) is 59.3 Å². The molecular formula is C55H62N11O12P. The number of carbonyl (C=O) groups is 5. The molecule has 5 amide bonds. The van der Waals surface area contributed by atoms with Gasteiger partial charge in [-0.25, -0.2) is 14.5 Å². The number of ether oxygens (including phenoxy) is 1. The average molecular weight is 1100 g/mol. The molecule has 79 heavy (non-hydrogen) atoms. The Labute approximate surface area is 458 Å². The first-order chi connectivity index (χ1) is 38.9. The second-order valence-corrected chi connectivity index (χ2v) is 23.6. The third-order valence-corrected chi connectivity index (χ3v) is 17.3. The predicted octanol–water partition coefficient (Wildman–Crippen LogP) is 4.17. The highest BCUT2D eigenvalue weighted by molar-refractivity contribution is 7.46. The second kappa shape index (κ2) is 19.5. The van der Waals surface area contributed by atoms with Crippen molar-refractivity contribution in [1.29, 1.82) is 0 Å². The normalized spacial score (nSPS) is 24.1. The zero-order valence-corrected chi connectivity index (χ0v) is 44.9. The number of phosphoric ester groups is 1. The smallest absolute Gasteiger partial charge is 0.471 e. The van der Waals surface area contributed by atoms with E-state index in [9.17, 15) is 48.2 Å². The Hall–Kier alpha value is -7.27. The van der Waals surface area contributed by atoms with Crippen molar-refractivity contribution in [2.45, 2.75) is 110 Å². The lowest BCUT2D eigenvalue weighted by atomic mass is 9.90. The minimum atomic E-state index is -5.10. The molecule has 0 bridgehead atoms. The first kappa shape index (κ1) is 48.8. The number of aromatic nitrogens is 4. The Balaban J connectivity index is 0.702. The van der Waals surface area contributed by atoms with Crippen molar-refractivity contribution in [1.82, 2.24) is 33.8 Å². The van der Waals surface area contributed by atoms with Crippen LogP contribution in [-0.2, 0) is 51.6 Å². The Morgan fingerprint density at radius 2 is 1.71 bits per heavy atom. The van der Waals surface area contributed by atoms with Crippen LogP contribution in [0.5, 0.6) is 5.75 Å². The van der Waals surface area contributed by atoms with Crippen molar-refractivity contribution in [3.63, 3.8) is 0 Å². The number of aryl methyl sites for hydroxylation is 1. The summed E-state index contributed by atoms with van der Waals surface area (Å²) < 4.78 is 50.0. The predicted molar refractivity (Wildman–Crippen MR) is 288 cm³/mol. The number of piperazine rings is 1. The highest BCUT2D eigenvalue weighted by Gasteiger charge is 2.50. The molecule has 5 aromatic rings. The molecule has 1 unspecified atom stereocenters. The van der Waals surface area contributed by atoms with Crippen LogP contribution in [0.25, 0.3) is 11.1 Å². The minimum Gasteiger partial charge on any atom is -0.489 e. The lowest BCUT2D eigenvalue weighted by Crippen LogP contribution is -2.59. The fourth-order valence-corrected chi connectivity index (χ4v) is 13.6.